The minimum atomic E-state index is 0.538. The molecule has 19 heavy (non-hydrogen) atoms. The SMILES string of the molecule is COCCOc1ccc(NC2CCC(C)CC2)cn1. The number of pyridine rings is 1. The maximum Gasteiger partial charge on any atom is 0.213 e. The van der Waals surface area contributed by atoms with E-state index in [9.17, 15) is 0 Å². The second kappa shape index (κ2) is 7.34. The van der Waals surface area contributed by atoms with E-state index in [1.807, 2.05) is 18.3 Å². The standard InChI is InChI=1S/C15H24N2O2/c1-12-3-5-13(6-4-12)17-14-7-8-15(16-11-14)19-10-9-18-2/h7-8,11-13,17H,3-6,9-10H2,1-2H3. The molecule has 1 fully saturated rings. The van der Waals surface area contributed by atoms with Crippen molar-refractivity contribution in [3.63, 3.8) is 0 Å². The average molecular weight is 264 g/mol. The monoisotopic (exact) mass is 264 g/mol. The Hall–Kier alpha value is -1.29. The van der Waals surface area contributed by atoms with Crippen molar-refractivity contribution >= 4 is 5.69 Å². The lowest BCUT2D eigenvalue weighted by Crippen LogP contribution is -2.25. The molecule has 4 heteroatoms. The van der Waals surface area contributed by atoms with Crippen LogP contribution in [0.15, 0.2) is 18.3 Å². The number of aromatic nitrogens is 1. The Morgan fingerprint density at radius 3 is 2.63 bits per heavy atom. The van der Waals surface area contributed by atoms with Crippen molar-refractivity contribution < 1.29 is 9.47 Å². The number of methoxy groups -OCH3 is 1. The van der Waals surface area contributed by atoms with E-state index in [4.69, 9.17) is 9.47 Å². The largest absolute Gasteiger partial charge is 0.475 e. The average Bonchev–Trinajstić information content (AvgIpc) is 2.44. The van der Waals surface area contributed by atoms with E-state index in [0.717, 1.165) is 11.6 Å². The van der Waals surface area contributed by atoms with Gasteiger partial charge in [-0.3, -0.25) is 0 Å². The third-order valence-electron chi connectivity index (χ3n) is 3.66. The zero-order valence-corrected chi connectivity index (χ0v) is 11.9. The van der Waals surface area contributed by atoms with Crippen LogP contribution in [0.25, 0.3) is 0 Å². The topological polar surface area (TPSA) is 43.4 Å². The van der Waals surface area contributed by atoms with Crippen molar-refractivity contribution in [2.24, 2.45) is 5.92 Å². The first kappa shape index (κ1) is 14.1. The highest BCUT2D eigenvalue weighted by Gasteiger charge is 2.17. The van der Waals surface area contributed by atoms with E-state index in [1.54, 1.807) is 7.11 Å². The minimum absolute atomic E-state index is 0.538. The van der Waals surface area contributed by atoms with Crippen LogP contribution in [0.3, 0.4) is 0 Å². The molecule has 1 aliphatic rings. The van der Waals surface area contributed by atoms with Crippen LogP contribution in [0, 0.1) is 5.92 Å². The first-order valence-corrected chi connectivity index (χ1v) is 7.12. The fourth-order valence-electron chi connectivity index (χ4n) is 2.42. The number of hydrogen-bond acceptors (Lipinski definition) is 4. The molecular weight excluding hydrogens is 240 g/mol. The molecule has 4 nitrogen and oxygen atoms in total. The summed E-state index contributed by atoms with van der Waals surface area (Å²) in [6.45, 7) is 3.46. The third kappa shape index (κ3) is 4.71. The van der Waals surface area contributed by atoms with Crippen molar-refractivity contribution in [1.29, 1.82) is 0 Å². The van der Waals surface area contributed by atoms with Gasteiger partial charge in [-0.05, 0) is 37.7 Å². The first-order chi connectivity index (χ1) is 9.28. The summed E-state index contributed by atoms with van der Waals surface area (Å²) < 4.78 is 10.4. The summed E-state index contributed by atoms with van der Waals surface area (Å²) in [7, 11) is 1.66. The lowest BCUT2D eigenvalue weighted by molar-refractivity contribution is 0.144. The third-order valence-corrected chi connectivity index (χ3v) is 3.66. The molecule has 2 rings (SSSR count). The molecule has 0 saturated heterocycles. The Balaban J connectivity index is 1.78. The number of rotatable bonds is 6. The Morgan fingerprint density at radius 1 is 1.21 bits per heavy atom. The van der Waals surface area contributed by atoms with E-state index in [2.05, 4.69) is 17.2 Å². The second-order valence-electron chi connectivity index (χ2n) is 5.33. The molecule has 1 aliphatic carbocycles. The van der Waals surface area contributed by atoms with Gasteiger partial charge >= 0.3 is 0 Å². The van der Waals surface area contributed by atoms with Gasteiger partial charge in [-0.2, -0.15) is 0 Å². The van der Waals surface area contributed by atoms with Crippen LogP contribution in [0.5, 0.6) is 5.88 Å². The quantitative estimate of drug-likeness (QED) is 0.802. The zero-order valence-electron chi connectivity index (χ0n) is 11.9. The van der Waals surface area contributed by atoms with Gasteiger partial charge in [0, 0.05) is 19.2 Å². The lowest BCUT2D eigenvalue weighted by Gasteiger charge is -2.27. The highest BCUT2D eigenvalue weighted by molar-refractivity contribution is 5.43. The van der Waals surface area contributed by atoms with Crippen molar-refractivity contribution in [2.45, 2.75) is 38.6 Å². The van der Waals surface area contributed by atoms with Crippen LogP contribution in [0.1, 0.15) is 32.6 Å². The summed E-state index contributed by atoms with van der Waals surface area (Å²) in [5, 5.41) is 3.55. The highest BCUT2D eigenvalue weighted by Crippen LogP contribution is 2.26. The molecular formula is C15H24N2O2. The molecule has 106 valence electrons. The van der Waals surface area contributed by atoms with Crippen LogP contribution in [-0.4, -0.2) is 31.3 Å². The van der Waals surface area contributed by atoms with Crippen LogP contribution in [-0.2, 0) is 4.74 Å². The molecule has 0 radical (unpaired) electrons. The van der Waals surface area contributed by atoms with Crippen LogP contribution in [0.2, 0.25) is 0 Å². The summed E-state index contributed by atoms with van der Waals surface area (Å²) in [5.41, 5.74) is 1.08. The van der Waals surface area contributed by atoms with Crippen molar-refractivity contribution in [3.8, 4) is 5.88 Å². The van der Waals surface area contributed by atoms with Gasteiger partial charge in [0.2, 0.25) is 5.88 Å². The van der Waals surface area contributed by atoms with Gasteiger partial charge in [-0.1, -0.05) is 6.92 Å². The van der Waals surface area contributed by atoms with Crippen LogP contribution >= 0.6 is 0 Å². The molecule has 0 atom stereocenters. The zero-order chi connectivity index (χ0) is 13.5. The number of nitrogens with one attached hydrogen (secondary N) is 1. The van der Waals surface area contributed by atoms with Crippen LogP contribution < -0.4 is 10.1 Å². The summed E-state index contributed by atoms with van der Waals surface area (Å²) in [5.74, 6) is 1.53. The fourth-order valence-corrected chi connectivity index (χ4v) is 2.42. The summed E-state index contributed by atoms with van der Waals surface area (Å²) >= 11 is 0. The Bertz CT molecular complexity index is 359. The number of nitrogens with zero attached hydrogens (tertiary/aromatic N) is 1. The molecule has 0 spiro atoms. The predicted octanol–water partition coefficient (Wildman–Crippen LogP) is 3.10. The van der Waals surface area contributed by atoms with Gasteiger partial charge < -0.3 is 14.8 Å². The smallest absolute Gasteiger partial charge is 0.213 e. The molecule has 1 N–H and O–H groups in total. The summed E-state index contributed by atoms with van der Waals surface area (Å²) in [6, 6.07) is 4.54. The maximum atomic E-state index is 5.44. The van der Waals surface area contributed by atoms with Gasteiger partial charge in [0.05, 0.1) is 18.5 Å². The summed E-state index contributed by atoms with van der Waals surface area (Å²) in [4.78, 5) is 4.29. The highest BCUT2D eigenvalue weighted by atomic mass is 16.5. The molecule has 0 bridgehead atoms. The van der Waals surface area contributed by atoms with Gasteiger partial charge in [0.15, 0.2) is 0 Å². The molecule has 0 aliphatic heterocycles. The molecule has 1 saturated carbocycles. The normalized spacial score (nSPS) is 23.1. The van der Waals surface area contributed by atoms with Gasteiger partial charge in [0.25, 0.3) is 0 Å². The van der Waals surface area contributed by atoms with Crippen LogP contribution in [0.4, 0.5) is 5.69 Å². The predicted molar refractivity (Wildman–Crippen MR) is 76.7 cm³/mol. The van der Waals surface area contributed by atoms with Crippen molar-refractivity contribution in [2.75, 3.05) is 25.6 Å². The molecule has 0 amide bonds. The second-order valence-corrected chi connectivity index (χ2v) is 5.33. The minimum Gasteiger partial charge on any atom is -0.475 e. The van der Waals surface area contributed by atoms with E-state index in [-0.39, 0.29) is 0 Å². The lowest BCUT2D eigenvalue weighted by atomic mass is 9.87. The van der Waals surface area contributed by atoms with Gasteiger partial charge in [-0.15, -0.1) is 0 Å². The molecule has 0 aromatic carbocycles. The van der Waals surface area contributed by atoms with Crippen molar-refractivity contribution in [1.82, 2.24) is 4.98 Å². The maximum absolute atomic E-state index is 5.44. The molecule has 0 unspecified atom stereocenters. The Morgan fingerprint density at radius 2 is 2.00 bits per heavy atom. The van der Waals surface area contributed by atoms with Gasteiger partial charge in [0.1, 0.15) is 6.61 Å². The molecule has 1 heterocycles. The fraction of sp³-hybridized carbons (Fsp3) is 0.667. The van der Waals surface area contributed by atoms with E-state index < -0.39 is 0 Å². The molecule has 1 aromatic heterocycles. The van der Waals surface area contributed by atoms with E-state index in [0.29, 0.717) is 25.1 Å². The first-order valence-electron chi connectivity index (χ1n) is 7.12. The number of ether oxygens (including phenoxy) is 2. The number of anilines is 1. The van der Waals surface area contributed by atoms with E-state index >= 15 is 0 Å². The number of hydrogen-bond donors (Lipinski definition) is 1. The Kier molecular flexibility index (Phi) is 5.45. The van der Waals surface area contributed by atoms with Gasteiger partial charge in [-0.25, -0.2) is 4.98 Å². The van der Waals surface area contributed by atoms with Crippen molar-refractivity contribution in [3.05, 3.63) is 18.3 Å². The van der Waals surface area contributed by atoms with E-state index in [1.165, 1.54) is 25.7 Å². The molecule has 1 aromatic rings. The summed E-state index contributed by atoms with van der Waals surface area (Å²) in [6.07, 6.45) is 7.01. The Labute approximate surface area is 115 Å².